The molecule has 0 atom stereocenters. The number of aromatic nitrogens is 2. The average Bonchev–Trinajstić information content (AvgIpc) is 3.11. The summed E-state index contributed by atoms with van der Waals surface area (Å²) < 4.78 is 12.6. The van der Waals surface area contributed by atoms with Gasteiger partial charge in [-0.1, -0.05) is 0 Å². The molecule has 1 aromatic heterocycles. The second kappa shape index (κ2) is 7.45. The van der Waals surface area contributed by atoms with E-state index in [-0.39, 0.29) is 0 Å². The van der Waals surface area contributed by atoms with E-state index in [4.69, 9.17) is 9.47 Å². The van der Waals surface area contributed by atoms with Gasteiger partial charge in [0.25, 0.3) is 0 Å². The van der Waals surface area contributed by atoms with Crippen molar-refractivity contribution >= 4 is 0 Å². The minimum atomic E-state index is -0.841. The Morgan fingerprint density at radius 2 is 1.76 bits per heavy atom. The van der Waals surface area contributed by atoms with Gasteiger partial charge in [-0.05, 0) is 37.5 Å². The number of aliphatic hydroxyl groups is 1. The van der Waals surface area contributed by atoms with Crippen LogP contribution in [-0.2, 0) is 18.7 Å². The van der Waals surface area contributed by atoms with Crippen molar-refractivity contribution in [2.75, 3.05) is 27.3 Å². The van der Waals surface area contributed by atoms with E-state index in [0.29, 0.717) is 24.3 Å². The summed E-state index contributed by atoms with van der Waals surface area (Å²) in [4.78, 5) is 2.36. The Bertz CT molecular complexity index is 683. The predicted molar refractivity (Wildman–Crippen MR) is 95.9 cm³/mol. The van der Waals surface area contributed by atoms with E-state index in [1.165, 1.54) is 5.56 Å². The molecule has 1 aliphatic heterocycles. The fourth-order valence-electron chi connectivity index (χ4n) is 3.37. The SMILES string of the molecule is CCn1cc(CN2CCC(O)(c3cc(OC)cc(OC)c3)CC2)cn1. The predicted octanol–water partition coefficient (Wildman–Crippen LogP) is 2.40. The zero-order valence-electron chi connectivity index (χ0n) is 15.2. The van der Waals surface area contributed by atoms with Gasteiger partial charge in [-0.15, -0.1) is 0 Å². The van der Waals surface area contributed by atoms with Crippen LogP contribution in [0.5, 0.6) is 11.5 Å². The average molecular weight is 345 g/mol. The number of hydrogen-bond acceptors (Lipinski definition) is 5. The quantitative estimate of drug-likeness (QED) is 0.871. The largest absolute Gasteiger partial charge is 0.497 e. The smallest absolute Gasteiger partial charge is 0.122 e. The zero-order valence-corrected chi connectivity index (χ0v) is 15.2. The van der Waals surface area contributed by atoms with Gasteiger partial charge >= 0.3 is 0 Å². The highest BCUT2D eigenvalue weighted by atomic mass is 16.5. The highest BCUT2D eigenvalue weighted by Crippen LogP contribution is 2.37. The van der Waals surface area contributed by atoms with Crippen molar-refractivity contribution in [3.8, 4) is 11.5 Å². The molecule has 0 bridgehead atoms. The summed E-state index contributed by atoms with van der Waals surface area (Å²) in [5.41, 5.74) is 1.24. The van der Waals surface area contributed by atoms with E-state index >= 15 is 0 Å². The summed E-state index contributed by atoms with van der Waals surface area (Å²) in [5, 5.41) is 15.5. The number of methoxy groups -OCH3 is 2. The molecule has 0 spiro atoms. The molecule has 1 aliphatic rings. The number of likely N-dealkylation sites (tertiary alicyclic amines) is 1. The first kappa shape index (κ1) is 17.8. The fraction of sp³-hybridized carbons (Fsp3) is 0.526. The molecule has 3 rings (SSSR count). The van der Waals surface area contributed by atoms with Crippen LogP contribution in [0.4, 0.5) is 0 Å². The topological polar surface area (TPSA) is 59.8 Å². The second-order valence-electron chi connectivity index (χ2n) is 6.61. The number of hydrogen-bond donors (Lipinski definition) is 1. The lowest BCUT2D eigenvalue weighted by Gasteiger charge is -2.38. The Morgan fingerprint density at radius 3 is 2.28 bits per heavy atom. The maximum Gasteiger partial charge on any atom is 0.122 e. The van der Waals surface area contributed by atoms with Crippen molar-refractivity contribution in [1.29, 1.82) is 0 Å². The van der Waals surface area contributed by atoms with Gasteiger partial charge in [-0.3, -0.25) is 9.58 Å². The molecule has 0 saturated carbocycles. The monoisotopic (exact) mass is 345 g/mol. The molecular formula is C19H27N3O3. The van der Waals surface area contributed by atoms with Crippen LogP contribution < -0.4 is 9.47 Å². The van der Waals surface area contributed by atoms with Gasteiger partial charge < -0.3 is 14.6 Å². The summed E-state index contributed by atoms with van der Waals surface area (Å²) in [6.45, 7) is 5.52. The molecule has 1 aromatic carbocycles. The first-order valence-electron chi connectivity index (χ1n) is 8.76. The standard InChI is InChI=1S/C19H27N3O3/c1-4-22-14-15(12-20-22)13-21-7-5-19(23,6-8-21)16-9-17(24-2)11-18(10-16)25-3/h9-12,14,23H,4-8,13H2,1-3H3. The first-order valence-corrected chi connectivity index (χ1v) is 8.76. The molecule has 1 saturated heterocycles. The van der Waals surface area contributed by atoms with Crippen molar-refractivity contribution < 1.29 is 14.6 Å². The highest BCUT2D eigenvalue weighted by molar-refractivity contribution is 5.41. The molecule has 25 heavy (non-hydrogen) atoms. The molecule has 1 N–H and O–H groups in total. The molecular weight excluding hydrogens is 318 g/mol. The number of rotatable bonds is 6. The van der Waals surface area contributed by atoms with Crippen molar-refractivity contribution in [1.82, 2.24) is 14.7 Å². The van der Waals surface area contributed by atoms with Gasteiger partial charge in [0, 0.05) is 44.0 Å². The van der Waals surface area contributed by atoms with E-state index in [2.05, 4.69) is 23.1 Å². The van der Waals surface area contributed by atoms with Gasteiger partial charge in [0.05, 0.1) is 26.0 Å². The molecule has 0 unspecified atom stereocenters. The van der Waals surface area contributed by atoms with Gasteiger partial charge in [0.1, 0.15) is 11.5 Å². The van der Waals surface area contributed by atoms with Crippen molar-refractivity contribution in [2.45, 2.75) is 38.5 Å². The lowest BCUT2D eigenvalue weighted by atomic mass is 9.84. The third-order valence-corrected chi connectivity index (χ3v) is 4.99. The third kappa shape index (κ3) is 3.96. The maximum absolute atomic E-state index is 11.2. The normalized spacial score (nSPS) is 17.4. The van der Waals surface area contributed by atoms with Gasteiger partial charge in [0.15, 0.2) is 0 Å². The lowest BCUT2D eigenvalue weighted by Crippen LogP contribution is -2.42. The molecule has 0 amide bonds. The minimum Gasteiger partial charge on any atom is -0.497 e. The van der Waals surface area contributed by atoms with Crippen molar-refractivity contribution in [2.24, 2.45) is 0 Å². The fourth-order valence-corrected chi connectivity index (χ4v) is 3.37. The number of piperidine rings is 1. The summed E-state index contributed by atoms with van der Waals surface area (Å²) in [6, 6.07) is 5.64. The number of aryl methyl sites for hydroxylation is 1. The van der Waals surface area contributed by atoms with Crippen LogP contribution in [-0.4, -0.2) is 47.1 Å². The van der Waals surface area contributed by atoms with Crippen LogP contribution in [0.3, 0.4) is 0 Å². The van der Waals surface area contributed by atoms with E-state index in [0.717, 1.165) is 31.7 Å². The number of ether oxygens (including phenoxy) is 2. The number of nitrogens with zero attached hydrogens (tertiary/aromatic N) is 3. The molecule has 1 fully saturated rings. The Morgan fingerprint density at radius 1 is 1.12 bits per heavy atom. The summed E-state index contributed by atoms with van der Waals surface area (Å²) in [6.07, 6.45) is 5.39. The van der Waals surface area contributed by atoms with Crippen LogP contribution in [0.1, 0.15) is 30.9 Å². The molecule has 2 heterocycles. The van der Waals surface area contributed by atoms with Crippen molar-refractivity contribution in [3.05, 3.63) is 41.7 Å². The maximum atomic E-state index is 11.2. The van der Waals surface area contributed by atoms with E-state index in [1.54, 1.807) is 14.2 Å². The minimum absolute atomic E-state index is 0.686. The van der Waals surface area contributed by atoms with E-state index in [9.17, 15) is 5.11 Å². The van der Waals surface area contributed by atoms with Gasteiger partial charge in [-0.25, -0.2) is 0 Å². The first-order chi connectivity index (χ1) is 12.1. The van der Waals surface area contributed by atoms with Crippen LogP contribution in [0.15, 0.2) is 30.6 Å². The highest BCUT2D eigenvalue weighted by Gasteiger charge is 2.34. The molecule has 2 aromatic rings. The second-order valence-corrected chi connectivity index (χ2v) is 6.61. The third-order valence-electron chi connectivity index (χ3n) is 4.99. The molecule has 0 aliphatic carbocycles. The Labute approximate surface area is 149 Å². The van der Waals surface area contributed by atoms with Crippen LogP contribution >= 0.6 is 0 Å². The molecule has 0 radical (unpaired) electrons. The Kier molecular flexibility index (Phi) is 5.30. The Hall–Kier alpha value is -2.05. The van der Waals surface area contributed by atoms with Crippen LogP contribution in [0.25, 0.3) is 0 Å². The summed E-state index contributed by atoms with van der Waals surface area (Å²) >= 11 is 0. The Balaban J connectivity index is 1.67. The molecule has 136 valence electrons. The molecule has 6 heteroatoms. The van der Waals surface area contributed by atoms with Crippen LogP contribution in [0.2, 0.25) is 0 Å². The van der Waals surface area contributed by atoms with E-state index in [1.807, 2.05) is 29.1 Å². The van der Waals surface area contributed by atoms with Crippen molar-refractivity contribution in [3.63, 3.8) is 0 Å². The summed E-state index contributed by atoms with van der Waals surface area (Å²) in [7, 11) is 3.25. The number of benzene rings is 1. The van der Waals surface area contributed by atoms with Gasteiger partial charge in [-0.2, -0.15) is 5.10 Å². The lowest BCUT2D eigenvalue weighted by molar-refractivity contribution is -0.0280. The zero-order chi connectivity index (χ0) is 17.9. The molecule has 6 nitrogen and oxygen atoms in total. The van der Waals surface area contributed by atoms with Gasteiger partial charge in [0.2, 0.25) is 0 Å². The summed E-state index contributed by atoms with van der Waals surface area (Å²) in [5.74, 6) is 1.41. The van der Waals surface area contributed by atoms with E-state index < -0.39 is 5.60 Å². The van der Waals surface area contributed by atoms with Crippen LogP contribution in [0, 0.1) is 0 Å².